The number of hydrogen-bond donors (Lipinski definition) is 9. The highest BCUT2D eigenvalue weighted by molar-refractivity contribution is 5.76. The molecule has 2 aliphatic heterocycles. The lowest BCUT2D eigenvalue weighted by atomic mass is 9.97. The summed E-state index contributed by atoms with van der Waals surface area (Å²) in [7, 11) is 0. The lowest BCUT2D eigenvalue weighted by Crippen LogP contribution is -2.65. The monoisotopic (exact) mass is 1050 g/mol. The minimum atomic E-state index is -1.79. The molecule has 0 bridgehead atoms. The second kappa shape index (κ2) is 45.7. The summed E-state index contributed by atoms with van der Waals surface area (Å²) >= 11 is 0. The van der Waals surface area contributed by atoms with Crippen molar-refractivity contribution in [2.24, 2.45) is 0 Å². The number of hydrogen-bond acceptors (Lipinski definition) is 13. The summed E-state index contributed by atoms with van der Waals surface area (Å²) in [6, 6.07) is -0.942. The maximum atomic E-state index is 13.2. The van der Waals surface area contributed by atoms with Crippen molar-refractivity contribution in [1.29, 1.82) is 0 Å². The molecule has 2 aliphatic rings. The summed E-state index contributed by atoms with van der Waals surface area (Å²) in [5.74, 6) is -0.259. The van der Waals surface area contributed by atoms with E-state index in [0.29, 0.717) is 12.8 Å². The number of unbranched alkanes of at least 4 members (excludes halogenated alkanes) is 25. The number of ether oxygens (including phenoxy) is 4. The van der Waals surface area contributed by atoms with Crippen molar-refractivity contribution in [1.82, 2.24) is 5.32 Å². The number of carbonyl (C=O) groups excluding carboxylic acids is 1. The molecule has 14 nitrogen and oxygen atoms in total. The van der Waals surface area contributed by atoms with Crippen LogP contribution in [-0.2, 0) is 23.7 Å². The molecule has 2 saturated heterocycles. The van der Waals surface area contributed by atoms with Crippen molar-refractivity contribution in [3.8, 4) is 0 Å². The van der Waals surface area contributed by atoms with E-state index in [-0.39, 0.29) is 18.9 Å². The van der Waals surface area contributed by atoms with Crippen LogP contribution in [0.15, 0.2) is 60.8 Å². The fourth-order valence-corrected chi connectivity index (χ4v) is 9.35. The number of amides is 1. The van der Waals surface area contributed by atoms with Crippen LogP contribution in [0.3, 0.4) is 0 Å². The number of aliphatic hydroxyl groups is 8. The number of nitrogens with one attached hydrogen (secondary N) is 1. The average molecular weight is 1050 g/mol. The number of carbonyl (C=O) groups is 1. The van der Waals surface area contributed by atoms with E-state index in [4.69, 9.17) is 18.9 Å². The molecule has 14 heteroatoms. The van der Waals surface area contributed by atoms with Gasteiger partial charge in [0.25, 0.3) is 0 Å². The first-order valence-electron chi connectivity index (χ1n) is 29.5. The number of rotatable bonds is 46. The molecule has 9 N–H and O–H groups in total. The van der Waals surface area contributed by atoms with Gasteiger partial charge < -0.3 is 65.1 Å². The first kappa shape index (κ1) is 67.8. The second-order valence-corrected chi connectivity index (χ2v) is 20.7. The van der Waals surface area contributed by atoms with Gasteiger partial charge in [0.05, 0.1) is 32.0 Å². The van der Waals surface area contributed by atoms with E-state index in [0.717, 1.165) is 57.8 Å². The Labute approximate surface area is 447 Å². The van der Waals surface area contributed by atoms with Crippen molar-refractivity contribution >= 4 is 5.91 Å². The van der Waals surface area contributed by atoms with Gasteiger partial charge in [-0.25, -0.2) is 0 Å². The van der Waals surface area contributed by atoms with Gasteiger partial charge in [-0.3, -0.25) is 4.79 Å². The summed E-state index contributed by atoms with van der Waals surface area (Å²) in [6.45, 7) is 2.75. The number of allylic oxidation sites excluding steroid dienone is 9. The van der Waals surface area contributed by atoms with Crippen LogP contribution in [0.4, 0.5) is 0 Å². The Morgan fingerprint density at radius 2 is 0.905 bits per heavy atom. The van der Waals surface area contributed by atoms with Gasteiger partial charge in [0, 0.05) is 6.42 Å². The quantitative estimate of drug-likeness (QED) is 0.0205. The molecule has 1 amide bonds. The van der Waals surface area contributed by atoms with E-state index in [1.165, 1.54) is 128 Å². The largest absolute Gasteiger partial charge is 0.394 e. The van der Waals surface area contributed by atoms with Gasteiger partial charge in [-0.2, -0.15) is 0 Å². The van der Waals surface area contributed by atoms with Gasteiger partial charge in [0.15, 0.2) is 12.6 Å². The Hall–Kier alpha value is -2.31. The first-order valence-corrected chi connectivity index (χ1v) is 29.5. The zero-order valence-electron chi connectivity index (χ0n) is 46.1. The standard InChI is InChI=1S/C60H107NO13/c1-3-5-7-9-11-13-15-17-19-21-23-24-26-27-29-31-33-35-37-39-41-43-49(64)48(61-52(65)44-42-40-38-36-34-32-30-28-25-22-20-18-16-14-12-10-8-6-4-2)47-71-59-57(70)55(68)58(51(46-63)73-59)74-60-56(69)54(67)53(66)50(45-62)72-60/h12,14,18,20,26-27,33,35,41,43,48-51,53-60,62-64,66-70H,3-11,13,15-17,19,21-25,28-32,34,36-40,42,44-47H2,1-2H3,(H,61,65)/b14-12-,20-18-,27-26+,35-33+,43-41+. The Balaban J connectivity index is 1.81. The van der Waals surface area contributed by atoms with Crippen molar-refractivity contribution in [2.75, 3.05) is 19.8 Å². The van der Waals surface area contributed by atoms with Crippen LogP contribution in [0, 0.1) is 0 Å². The molecule has 0 aromatic heterocycles. The topological polar surface area (TPSA) is 228 Å². The average Bonchev–Trinajstić information content (AvgIpc) is 3.40. The summed E-state index contributed by atoms with van der Waals surface area (Å²) in [6.07, 6.45) is 41.1. The van der Waals surface area contributed by atoms with Crippen LogP contribution in [0.25, 0.3) is 0 Å². The van der Waals surface area contributed by atoms with Crippen LogP contribution in [0.1, 0.15) is 219 Å². The third-order valence-electron chi connectivity index (χ3n) is 14.2. The Kier molecular flexibility index (Phi) is 41.9. The van der Waals surface area contributed by atoms with Crippen molar-refractivity contribution < 1.29 is 64.6 Å². The van der Waals surface area contributed by atoms with Gasteiger partial charge in [0.2, 0.25) is 5.91 Å². The van der Waals surface area contributed by atoms with Crippen LogP contribution >= 0.6 is 0 Å². The predicted molar refractivity (Wildman–Crippen MR) is 295 cm³/mol. The molecule has 12 atom stereocenters. The van der Waals surface area contributed by atoms with E-state index < -0.39 is 86.8 Å². The minimum absolute atomic E-state index is 0.259. The Morgan fingerprint density at radius 3 is 1.43 bits per heavy atom. The van der Waals surface area contributed by atoms with Crippen molar-refractivity contribution in [2.45, 2.75) is 293 Å². The van der Waals surface area contributed by atoms with Gasteiger partial charge >= 0.3 is 0 Å². The highest BCUT2D eigenvalue weighted by atomic mass is 16.7. The Morgan fingerprint density at radius 1 is 0.486 bits per heavy atom. The number of aliphatic hydroxyl groups excluding tert-OH is 8. The van der Waals surface area contributed by atoms with E-state index in [9.17, 15) is 45.6 Å². The highest BCUT2D eigenvalue weighted by Crippen LogP contribution is 2.30. The molecular formula is C60H107NO13. The van der Waals surface area contributed by atoms with Gasteiger partial charge in [-0.1, -0.05) is 197 Å². The predicted octanol–water partition coefficient (Wildman–Crippen LogP) is 9.78. The van der Waals surface area contributed by atoms with Crippen molar-refractivity contribution in [3.63, 3.8) is 0 Å². The summed E-state index contributed by atoms with van der Waals surface area (Å²) in [5.41, 5.74) is 0. The fraction of sp³-hybridized carbons (Fsp3) is 0.817. The molecule has 0 aliphatic carbocycles. The molecule has 0 aromatic rings. The van der Waals surface area contributed by atoms with Gasteiger partial charge in [-0.15, -0.1) is 0 Å². The van der Waals surface area contributed by atoms with Crippen LogP contribution < -0.4 is 5.32 Å². The summed E-state index contributed by atoms with van der Waals surface area (Å²) in [4.78, 5) is 13.2. The molecule has 0 saturated carbocycles. The summed E-state index contributed by atoms with van der Waals surface area (Å²) in [5, 5.41) is 87.0. The van der Waals surface area contributed by atoms with Gasteiger partial charge in [0.1, 0.15) is 48.8 Å². The first-order chi connectivity index (χ1) is 36.1. The molecule has 0 spiro atoms. The fourth-order valence-electron chi connectivity index (χ4n) is 9.35. The normalized spacial score (nSPS) is 25.6. The highest BCUT2D eigenvalue weighted by Gasteiger charge is 2.51. The Bertz CT molecular complexity index is 1470. The van der Waals surface area contributed by atoms with E-state index in [1.807, 2.05) is 6.08 Å². The molecule has 2 fully saturated rings. The molecule has 2 rings (SSSR count). The molecule has 12 unspecified atom stereocenters. The molecule has 0 aromatic carbocycles. The lowest BCUT2D eigenvalue weighted by Gasteiger charge is -2.46. The molecule has 430 valence electrons. The minimum Gasteiger partial charge on any atom is -0.394 e. The molecule has 0 radical (unpaired) electrons. The SMILES string of the molecule is CCCCC/C=C\C/C=C\CCCCCCCCCCCC(=O)NC(COC1OC(CO)C(OC2OC(CO)C(O)C(O)C2O)C(O)C1O)C(O)/C=C/CC/C=C/CC/C=C/CCCCCCCCCCCCC. The van der Waals surface area contributed by atoms with Crippen LogP contribution in [0.5, 0.6) is 0 Å². The van der Waals surface area contributed by atoms with E-state index >= 15 is 0 Å². The summed E-state index contributed by atoms with van der Waals surface area (Å²) < 4.78 is 22.7. The molecule has 74 heavy (non-hydrogen) atoms. The smallest absolute Gasteiger partial charge is 0.220 e. The third kappa shape index (κ3) is 31.2. The van der Waals surface area contributed by atoms with E-state index in [1.54, 1.807) is 6.08 Å². The van der Waals surface area contributed by atoms with Crippen LogP contribution in [-0.4, -0.2) is 140 Å². The molecular weight excluding hydrogens is 943 g/mol. The van der Waals surface area contributed by atoms with Crippen molar-refractivity contribution in [3.05, 3.63) is 60.8 Å². The maximum Gasteiger partial charge on any atom is 0.220 e. The van der Waals surface area contributed by atoms with Crippen LogP contribution in [0.2, 0.25) is 0 Å². The third-order valence-corrected chi connectivity index (χ3v) is 14.2. The maximum absolute atomic E-state index is 13.2. The zero-order valence-corrected chi connectivity index (χ0v) is 46.1. The lowest BCUT2D eigenvalue weighted by molar-refractivity contribution is -0.359. The zero-order chi connectivity index (χ0) is 53.9. The van der Waals surface area contributed by atoms with E-state index in [2.05, 4.69) is 67.8 Å². The second-order valence-electron chi connectivity index (χ2n) is 20.7. The van der Waals surface area contributed by atoms with Gasteiger partial charge in [-0.05, 0) is 77.0 Å². The molecule has 2 heterocycles.